The van der Waals surface area contributed by atoms with E-state index in [1.54, 1.807) is 6.92 Å². The Morgan fingerprint density at radius 1 is 1.09 bits per heavy atom. The van der Waals surface area contributed by atoms with Gasteiger partial charge in [0.25, 0.3) is 0 Å². The molecule has 3 aromatic rings. The van der Waals surface area contributed by atoms with E-state index in [4.69, 9.17) is 0 Å². The lowest BCUT2D eigenvalue weighted by molar-refractivity contribution is -0.138. The third-order valence-corrected chi connectivity index (χ3v) is 9.96. The van der Waals surface area contributed by atoms with E-state index in [1.807, 2.05) is 73.5 Å². The standard InChI is InChI=1S/C32H43N5O5S/c1-22(38)19-34-31(2,3)18-29(39)35-27(17-23-20-33-26-11-7-5-9-24(23)26)30(40)36-15-13-32(14-16-36)21-37(43(4,41)42)28-12-8-6-10-25(28)32/h5-12,20,22,27,33-34,38H,13-19,21H2,1-4H3,(H,35,39)/t22-,27-/m1/s1. The van der Waals surface area contributed by atoms with Gasteiger partial charge in [0.15, 0.2) is 0 Å². The smallest absolute Gasteiger partial charge is 0.245 e. The maximum atomic E-state index is 14.1. The number of hydrogen-bond acceptors (Lipinski definition) is 6. The van der Waals surface area contributed by atoms with Crippen LogP contribution in [0.15, 0.2) is 54.7 Å². The van der Waals surface area contributed by atoms with Gasteiger partial charge in [-0.05, 0) is 56.9 Å². The van der Waals surface area contributed by atoms with E-state index in [0.717, 1.165) is 27.7 Å². The van der Waals surface area contributed by atoms with Crippen LogP contribution in [-0.2, 0) is 31.4 Å². The molecule has 2 amide bonds. The van der Waals surface area contributed by atoms with Crippen LogP contribution in [0.2, 0.25) is 0 Å². The highest BCUT2D eigenvalue weighted by molar-refractivity contribution is 7.92. The number of aliphatic hydroxyl groups is 1. The number of carbonyl (C=O) groups excluding carboxylic acids is 2. The van der Waals surface area contributed by atoms with Crippen molar-refractivity contribution in [3.05, 3.63) is 65.9 Å². The fraction of sp³-hybridized carbons (Fsp3) is 0.500. The molecule has 11 heteroatoms. The maximum Gasteiger partial charge on any atom is 0.245 e. The minimum absolute atomic E-state index is 0.138. The van der Waals surface area contributed by atoms with Gasteiger partial charge < -0.3 is 25.6 Å². The summed E-state index contributed by atoms with van der Waals surface area (Å²) in [7, 11) is -3.44. The topological polar surface area (TPSA) is 135 Å². The zero-order valence-electron chi connectivity index (χ0n) is 25.4. The van der Waals surface area contributed by atoms with Crippen LogP contribution >= 0.6 is 0 Å². The summed E-state index contributed by atoms with van der Waals surface area (Å²) >= 11 is 0. The number of rotatable bonds is 10. The summed E-state index contributed by atoms with van der Waals surface area (Å²) in [6.07, 6.45) is 4.32. The lowest BCUT2D eigenvalue weighted by atomic mass is 9.74. The number of anilines is 1. The lowest BCUT2D eigenvalue weighted by Gasteiger charge is -2.41. The van der Waals surface area contributed by atoms with Crippen LogP contribution in [0.3, 0.4) is 0 Å². The molecule has 0 unspecified atom stereocenters. The molecule has 2 atom stereocenters. The number of carbonyl (C=O) groups is 2. The number of likely N-dealkylation sites (tertiary alicyclic amines) is 1. The molecule has 232 valence electrons. The second-order valence-corrected chi connectivity index (χ2v) is 14.8. The minimum atomic E-state index is -3.44. The van der Waals surface area contributed by atoms with Gasteiger partial charge >= 0.3 is 0 Å². The molecule has 1 fully saturated rings. The number of piperidine rings is 1. The third-order valence-electron chi connectivity index (χ3n) is 8.83. The molecule has 3 heterocycles. The van der Waals surface area contributed by atoms with Crippen molar-refractivity contribution < 1.29 is 23.1 Å². The summed E-state index contributed by atoms with van der Waals surface area (Å²) in [5.41, 5.74) is 2.72. The number of fused-ring (bicyclic) bond motifs is 3. The Kier molecular flexibility index (Phi) is 8.61. The molecule has 0 bridgehead atoms. The molecule has 10 nitrogen and oxygen atoms in total. The van der Waals surface area contributed by atoms with Gasteiger partial charge in [-0.25, -0.2) is 8.42 Å². The molecule has 43 heavy (non-hydrogen) atoms. The second kappa shape index (κ2) is 11.9. The molecule has 1 aromatic heterocycles. The number of aromatic amines is 1. The number of para-hydroxylation sites is 2. The molecule has 0 saturated carbocycles. The van der Waals surface area contributed by atoms with E-state index in [-0.39, 0.29) is 23.7 Å². The SMILES string of the molecule is C[C@@H](O)CNC(C)(C)CC(=O)N[C@H](Cc1c[nH]c2ccccc12)C(=O)N1CCC2(CC1)CN(S(C)(=O)=O)c1ccccc12. The first-order valence-corrected chi connectivity index (χ1v) is 16.8. The van der Waals surface area contributed by atoms with Crippen molar-refractivity contribution in [2.75, 3.05) is 36.7 Å². The van der Waals surface area contributed by atoms with Crippen LogP contribution in [0.4, 0.5) is 5.69 Å². The van der Waals surface area contributed by atoms with Gasteiger partial charge in [-0.3, -0.25) is 13.9 Å². The molecule has 4 N–H and O–H groups in total. The fourth-order valence-corrected chi connectivity index (χ4v) is 7.54. The first-order chi connectivity index (χ1) is 20.3. The molecule has 2 aliphatic heterocycles. The zero-order chi connectivity index (χ0) is 31.0. The number of β-amino-alcohol motifs (C(OH)–C–C–N with tert-alkyl or cyclic N) is 1. The second-order valence-electron chi connectivity index (χ2n) is 12.9. The summed E-state index contributed by atoms with van der Waals surface area (Å²) < 4.78 is 26.7. The summed E-state index contributed by atoms with van der Waals surface area (Å²) in [6, 6.07) is 14.8. The first-order valence-electron chi connectivity index (χ1n) is 14.9. The average Bonchev–Trinajstić information content (AvgIpc) is 3.51. The highest BCUT2D eigenvalue weighted by Gasteiger charge is 2.48. The van der Waals surface area contributed by atoms with Gasteiger partial charge in [0.1, 0.15) is 6.04 Å². The number of sulfonamides is 1. The van der Waals surface area contributed by atoms with E-state index in [0.29, 0.717) is 45.4 Å². The maximum absolute atomic E-state index is 14.1. The third kappa shape index (κ3) is 6.73. The number of benzene rings is 2. The Morgan fingerprint density at radius 3 is 2.47 bits per heavy atom. The van der Waals surface area contributed by atoms with E-state index in [9.17, 15) is 23.1 Å². The van der Waals surface area contributed by atoms with Gasteiger partial charge in [-0.2, -0.15) is 0 Å². The fourth-order valence-electron chi connectivity index (χ4n) is 6.54. The van der Waals surface area contributed by atoms with Gasteiger partial charge in [0.2, 0.25) is 21.8 Å². The molecule has 0 aliphatic carbocycles. The number of amides is 2. The highest BCUT2D eigenvalue weighted by atomic mass is 32.2. The van der Waals surface area contributed by atoms with E-state index >= 15 is 0 Å². The first kappa shape index (κ1) is 31.0. The number of nitrogens with one attached hydrogen (secondary N) is 3. The minimum Gasteiger partial charge on any atom is -0.392 e. The summed E-state index contributed by atoms with van der Waals surface area (Å²) in [4.78, 5) is 32.5. The van der Waals surface area contributed by atoms with Crippen molar-refractivity contribution in [2.24, 2.45) is 0 Å². The number of aromatic nitrogens is 1. The van der Waals surface area contributed by atoms with Gasteiger partial charge in [-0.15, -0.1) is 0 Å². The van der Waals surface area contributed by atoms with Crippen LogP contribution in [0.25, 0.3) is 10.9 Å². The van der Waals surface area contributed by atoms with Crippen LogP contribution in [0.5, 0.6) is 0 Å². The van der Waals surface area contributed by atoms with Crippen LogP contribution in [-0.4, -0.2) is 85.3 Å². The Morgan fingerprint density at radius 2 is 1.77 bits per heavy atom. The van der Waals surface area contributed by atoms with Crippen LogP contribution < -0.4 is 14.9 Å². The molecule has 1 saturated heterocycles. The Hall–Kier alpha value is -3.41. The monoisotopic (exact) mass is 609 g/mol. The highest BCUT2D eigenvalue weighted by Crippen LogP contribution is 2.47. The Bertz CT molecular complexity index is 1590. The van der Waals surface area contributed by atoms with E-state index < -0.39 is 27.7 Å². The summed E-state index contributed by atoms with van der Waals surface area (Å²) in [6.45, 7) is 7.14. The average molecular weight is 610 g/mol. The predicted octanol–water partition coefficient (Wildman–Crippen LogP) is 2.67. The van der Waals surface area contributed by atoms with Crippen molar-refractivity contribution in [2.45, 2.75) is 69.6 Å². The number of H-pyrrole nitrogens is 1. The molecule has 0 radical (unpaired) electrons. The Labute approximate surface area is 253 Å². The van der Waals surface area contributed by atoms with E-state index in [1.165, 1.54) is 10.6 Å². The quantitative estimate of drug-likeness (QED) is 0.279. The lowest BCUT2D eigenvalue weighted by Crippen LogP contribution is -2.55. The van der Waals surface area contributed by atoms with Gasteiger partial charge in [0.05, 0.1) is 18.0 Å². The molecule has 2 aliphatic rings. The number of nitrogens with zero attached hydrogens (tertiary/aromatic N) is 2. The van der Waals surface area contributed by atoms with Crippen molar-refractivity contribution in [1.29, 1.82) is 0 Å². The molecular formula is C32H43N5O5S. The summed E-state index contributed by atoms with van der Waals surface area (Å²) in [5.74, 6) is -0.391. The molecular weight excluding hydrogens is 566 g/mol. The molecule has 2 aromatic carbocycles. The van der Waals surface area contributed by atoms with Crippen LogP contribution in [0, 0.1) is 0 Å². The van der Waals surface area contributed by atoms with Crippen molar-refractivity contribution in [3.63, 3.8) is 0 Å². The molecule has 5 rings (SSSR count). The van der Waals surface area contributed by atoms with Gasteiger partial charge in [0, 0.05) is 67.1 Å². The molecule has 1 spiro atoms. The van der Waals surface area contributed by atoms with Crippen molar-refractivity contribution in [1.82, 2.24) is 20.5 Å². The van der Waals surface area contributed by atoms with Crippen LogP contribution in [0.1, 0.15) is 51.2 Å². The van der Waals surface area contributed by atoms with Crippen molar-refractivity contribution in [3.8, 4) is 0 Å². The van der Waals surface area contributed by atoms with E-state index in [2.05, 4.69) is 15.6 Å². The zero-order valence-corrected chi connectivity index (χ0v) is 26.2. The van der Waals surface area contributed by atoms with Gasteiger partial charge in [-0.1, -0.05) is 36.4 Å². The number of aliphatic hydroxyl groups excluding tert-OH is 1. The summed E-state index contributed by atoms with van der Waals surface area (Å²) in [5, 5.41) is 16.9. The largest absolute Gasteiger partial charge is 0.392 e. The van der Waals surface area contributed by atoms with Crippen molar-refractivity contribution >= 4 is 38.4 Å². The number of hydrogen-bond donors (Lipinski definition) is 4. The normalized spacial score (nSPS) is 18.1. The Balaban J connectivity index is 1.34. The predicted molar refractivity (Wildman–Crippen MR) is 168 cm³/mol.